The number of hydrogen-bond acceptors (Lipinski definition) is 5. The maximum Gasteiger partial charge on any atom is 0.276 e. The second-order valence-corrected chi connectivity index (χ2v) is 4.59. The van der Waals surface area contributed by atoms with Crippen molar-refractivity contribution in [3.05, 3.63) is 45.8 Å². The van der Waals surface area contributed by atoms with Gasteiger partial charge in [-0.3, -0.25) is 0 Å². The van der Waals surface area contributed by atoms with E-state index < -0.39 is 0 Å². The van der Waals surface area contributed by atoms with E-state index in [0.29, 0.717) is 29.0 Å². The topological polar surface area (TPSA) is 81.1 Å². The maximum absolute atomic E-state index is 7.10. The van der Waals surface area contributed by atoms with E-state index in [1.54, 1.807) is 19.1 Å². The van der Waals surface area contributed by atoms with Gasteiger partial charge < -0.3 is 15.9 Å². The lowest BCUT2D eigenvalue weighted by atomic mass is 10.2. The van der Waals surface area contributed by atoms with E-state index in [1.165, 1.54) is 0 Å². The molecule has 0 bridgehead atoms. The van der Waals surface area contributed by atoms with Crippen molar-refractivity contribution in [2.24, 2.45) is 0 Å². The SMILES string of the molecule is [C-]#[N+]c1nc(Cl)ccc1CNc1nc(C)nc(C)c1N. The van der Waals surface area contributed by atoms with Gasteiger partial charge in [-0.25, -0.2) is 9.97 Å². The third-order valence-corrected chi connectivity index (χ3v) is 2.93. The van der Waals surface area contributed by atoms with Gasteiger partial charge >= 0.3 is 0 Å². The molecule has 0 saturated carbocycles. The van der Waals surface area contributed by atoms with Crippen molar-refractivity contribution in [2.75, 3.05) is 11.1 Å². The van der Waals surface area contributed by atoms with Gasteiger partial charge in [0.2, 0.25) is 5.15 Å². The number of nitrogens with two attached hydrogens (primary N) is 1. The molecule has 0 fully saturated rings. The van der Waals surface area contributed by atoms with E-state index in [9.17, 15) is 0 Å². The van der Waals surface area contributed by atoms with Gasteiger partial charge in [-0.05, 0) is 37.1 Å². The van der Waals surface area contributed by atoms with E-state index in [2.05, 4.69) is 25.1 Å². The molecule has 2 aromatic rings. The van der Waals surface area contributed by atoms with Crippen LogP contribution >= 0.6 is 11.6 Å². The highest BCUT2D eigenvalue weighted by Crippen LogP contribution is 2.23. The summed E-state index contributed by atoms with van der Waals surface area (Å²) in [5.74, 6) is 1.46. The molecule has 2 heterocycles. The second-order valence-electron chi connectivity index (χ2n) is 4.20. The molecule has 7 heteroatoms. The van der Waals surface area contributed by atoms with E-state index in [1.807, 2.05) is 6.92 Å². The molecule has 0 spiro atoms. The Labute approximate surface area is 121 Å². The number of nitrogens with zero attached hydrogens (tertiary/aromatic N) is 4. The van der Waals surface area contributed by atoms with Crippen LogP contribution in [0.1, 0.15) is 17.1 Å². The first-order valence-electron chi connectivity index (χ1n) is 5.88. The molecular formula is C13H13ClN6. The minimum atomic E-state index is 0.270. The number of aromatic nitrogens is 3. The number of hydrogen-bond donors (Lipinski definition) is 2. The number of anilines is 2. The van der Waals surface area contributed by atoms with Gasteiger partial charge in [0.25, 0.3) is 5.82 Å². The van der Waals surface area contributed by atoms with E-state index >= 15 is 0 Å². The van der Waals surface area contributed by atoms with Crippen molar-refractivity contribution in [3.63, 3.8) is 0 Å². The zero-order valence-corrected chi connectivity index (χ0v) is 11.9. The van der Waals surface area contributed by atoms with E-state index in [4.69, 9.17) is 23.9 Å². The number of rotatable bonds is 3. The van der Waals surface area contributed by atoms with Crippen LogP contribution in [0.3, 0.4) is 0 Å². The second kappa shape index (κ2) is 5.72. The molecule has 0 saturated heterocycles. The minimum Gasteiger partial charge on any atom is -0.394 e. The third-order valence-electron chi connectivity index (χ3n) is 2.72. The zero-order valence-electron chi connectivity index (χ0n) is 11.1. The van der Waals surface area contributed by atoms with Crippen LogP contribution in [0.4, 0.5) is 17.3 Å². The van der Waals surface area contributed by atoms with Crippen molar-refractivity contribution >= 4 is 28.9 Å². The van der Waals surface area contributed by atoms with Crippen LogP contribution in [0.25, 0.3) is 4.85 Å². The van der Waals surface area contributed by atoms with Crippen LogP contribution in [-0.4, -0.2) is 15.0 Å². The Hall–Kier alpha value is -2.39. The first-order valence-corrected chi connectivity index (χ1v) is 6.26. The predicted octanol–water partition coefficient (Wildman–Crippen LogP) is 2.89. The predicted molar refractivity (Wildman–Crippen MR) is 78.8 cm³/mol. The average molecular weight is 289 g/mol. The number of nitrogens with one attached hydrogen (secondary N) is 1. The smallest absolute Gasteiger partial charge is 0.276 e. The van der Waals surface area contributed by atoms with Crippen LogP contribution in [0.15, 0.2) is 12.1 Å². The molecule has 0 amide bonds. The van der Waals surface area contributed by atoms with Crippen LogP contribution in [-0.2, 0) is 6.54 Å². The molecule has 20 heavy (non-hydrogen) atoms. The fourth-order valence-corrected chi connectivity index (χ4v) is 1.87. The lowest BCUT2D eigenvalue weighted by Gasteiger charge is -2.11. The molecule has 0 atom stereocenters. The highest BCUT2D eigenvalue weighted by atomic mass is 35.5. The van der Waals surface area contributed by atoms with Crippen LogP contribution in [0.2, 0.25) is 5.15 Å². The number of nitrogen functional groups attached to an aromatic ring is 1. The minimum absolute atomic E-state index is 0.270. The summed E-state index contributed by atoms with van der Waals surface area (Å²) in [5.41, 5.74) is 7.88. The summed E-state index contributed by atoms with van der Waals surface area (Å²) < 4.78 is 0. The summed E-state index contributed by atoms with van der Waals surface area (Å²) in [6.07, 6.45) is 0. The molecular weight excluding hydrogens is 276 g/mol. The molecule has 3 N–H and O–H groups in total. The highest BCUT2D eigenvalue weighted by Gasteiger charge is 2.09. The number of halogens is 1. The number of pyridine rings is 1. The Morgan fingerprint density at radius 2 is 2.05 bits per heavy atom. The fraction of sp³-hybridized carbons (Fsp3) is 0.231. The van der Waals surface area contributed by atoms with Gasteiger partial charge in [-0.15, -0.1) is 4.98 Å². The Morgan fingerprint density at radius 1 is 1.30 bits per heavy atom. The summed E-state index contributed by atoms with van der Waals surface area (Å²) in [6, 6.07) is 3.40. The van der Waals surface area contributed by atoms with Gasteiger partial charge in [0.05, 0.1) is 11.4 Å². The molecule has 0 aliphatic rings. The van der Waals surface area contributed by atoms with Crippen molar-refractivity contribution in [2.45, 2.75) is 20.4 Å². The standard InChI is InChI=1S/C13H13ClN6/c1-7-11(15)13(19-8(2)18-7)17-6-9-4-5-10(14)20-12(9)16-3/h4-5H,6,15H2,1-2H3,(H,17,18,19). The Bertz CT molecular complexity index is 692. The lowest BCUT2D eigenvalue weighted by Crippen LogP contribution is -2.08. The fourth-order valence-electron chi connectivity index (χ4n) is 1.72. The van der Waals surface area contributed by atoms with Gasteiger partial charge in [0.1, 0.15) is 5.82 Å². The number of aryl methyl sites for hydroxylation is 2. The monoisotopic (exact) mass is 288 g/mol. The Balaban J connectivity index is 2.24. The molecule has 0 radical (unpaired) electrons. The first kappa shape index (κ1) is 14.0. The summed E-state index contributed by atoms with van der Waals surface area (Å²) in [5, 5.41) is 3.40. The summed E-state index contributed by atoms with van der Waals surface area (Å²) >= 11 is 5.76. The van der Waals surface area contributed by atoms with Crippen molar-refractivity contribution in [1.82, 2.24) is 15.0 Å². The van der Waals surface area contributed by atoms with E-state index in [0.717, 1.165) is 11.3 Å². The highest BCUT2D eigenvalue weighted by molar-refractivity contribution is 6.29. The Kier molecular flexibility index (Phi) is 4.01. The third kappa shape index (κ3) is 2.95. The molecule has 6 nitrogen and oxygen atoms in total. The first-order chi connectivity index (χ1) is 9.51. The molecule has 2 rings (SSSR count). The maximum atomic E-state index is 7.10. The molecule has 2 aromatic heterocycles. The lowest BCUT2D eigenvalue weighted by molar-refractivity contribution is 0.996. The average Bonchev–Trinajstić information content (AvgIpc) is 2.42. The van der Waals surface area contributed by atoms with Gasteiger partial charge in [0.15, 0.2) is 5.82 Å². The van der Waals surface area contributed by atoms with Crippen molar-refractivity contribution in [1.29, 1.82) is 0 Å². The van der Waals surface area contributed by atoms with Crippen molar-refractivity contribution < 1.29 is 0 Å². The summed E-state index contributed by atoms with van der Waals surface area (Å²) in [7, 11) is 0. The molecule has 0 unspecified atom stereocenters. The zero-order chi connectivity index (χ0) is 14.7. The summed E-state index contributed by atoms with van der Waals surface area (Å²) in [4.78, 5) is 15.8. The van der Waals surface area contributed by atoms with Crippen molar-refractivity contribution in [3.8, 4) is 0 Å². The van der Waals surface area contributed by atoms with Crippen LogP contribution < -0.4 is 11.1 Å². The van der Waals surface area contributed by atoms with Crippen LogP contribution in [0.5, 0.6) is 0 Å². The van der Waals surface area contributed by atoms with Gasteiger partial charge in [-0.2, -0.15) is 0 Å². The van der Waals surface area contributed by atoms with Gasteiger partial charge in [-0.1, -0.05) is 12.6 Å². The molecule has 0 aliphatic heterocycles. The van der Waals surface area contributed by atoms with Crippen LogP contribution in [0, 0.1) is 20.4 Å². The largest absolute Gasteiger partial charge is 0.394 e. The summed E-state index contributed by atoms with van der Waals surface area (Å²) in [6.45, 7) is 11.1. The normalized spacial score (nSPS) is 10.1. The quantitative estimate of drug-likeness (QED) is 0.670. The molecule has 0 aromatic carbocycles. The van der Waals surface area contributed by atoms with Gasteiger partial charge in [0, 0.05) is 6.54 Å². The molecule has 0 aliphatic carbocycles. The molecule has 102 valence electrons. The van der Waals surface area contributed by atoms with E-state index in [-0.39, 0.29) is 5.82 Å². The Morgan fingerprint density at radius 3 is 2.75 bits per heavy atom.